The average Bonchev–Trinajstić information content (AvgIpc) is 3.02. The second-order valence-corrected chi connectivity index (χ2v) is 8.90. The minimum Gasteiger partial charge on any atom is -0.354 e. The standard InChI is InChI=1S/C17H25N3O5S/c1-5-20(8-14(22)19-13-6-7-26(24,25)9-13)17(23)16-10(2)15(12(4)21)11(3)18-16/h13,18H,5-9H2,1-4H3,(H,19,22). The van der Waals surface area contributed by atoms with Gasteiger partial charge >= 0.3 is 0 Å². The van der Waals surface area contributed by atoms with Crippen LogP contribution in [0.1, 0.15) is 52.4 Å². The number of rotatable bonds is 6. The Labute approximate surface area is 153 Å². The topological polar surface area (TPSA) is 116 Å². The smallest absolute Gasteiger partial charge is 0.271 e. The van der Waals surface area contributed by atoms with Gasteiger partial charge in [-0.3, -0.25) is 14.4 Å². The summed E-state index contributed by atoms with van der Waals surface area (Å²) in [6.07, 6.45) is 0.394. The lowest BCUT2D eigenvalue weighted by atomic mass is 10.1. The lowest BCUT2D eigenvalue weighted by Crippen LogP contribution is -2.44. The van der Waals surface area contributed by atoms with Crippen molar-refractivity contribution in [3.05, 3.63) is 22.5 Å². The minimum absolute atomic E-state index is 0.0598. The fourth-order valence-electron chi connectivity index (χ4n) is 3.33. The first-order valence-electron chi connectivity index (χ1n) is 8.54. The molecule has 1 aliphatic rings. The van der Waals surface area contributed by atoms with Crippen LogP contribution >= 0.6 is 0 Å². The Kier molecular flexibility index (Phi) is 5.90. The summed E-state index contributed by atoms with van der Waals surface area (Å²) >= 11 is 0. The van der Waals surface area contributed by atoms with Gasteiger partial charge in [-0.25, -0.2) is 8.42 Å². The zero-order valence-corrected chi connectivity index (χ0v) is 16.3. The molecule has 1 saturated heterocycles. The van der Waals surface area contributed by atoms with Crippen molar-refractivity contribution in [3.8, 4) is 0 Å². The zero-order chi connectivity index (χ0) is 19.6. The van der Waals surface area contributed by atoms with E-state index >= 15 is 0 Å². The number of ketones is 1. The van der Waals surface area contributed by atoms with Crippen LogP contribution in [-0.2, 0) is 14.6 Å². The van der Waals surface area contributed by atoms with Crippen LogP contribution in [0.4, 0.5) is 0 Å². The van der Waals surface area contributed by atoms with Gasteiger partial charge in [-0.15, -0.1) is 0 Å². The molecule has 2 heterocycles. The second kappa shape index (κ2) is 7.61. The van der Waals surface area contributed by atoms with Gasteiger partial charge in [-0.05, 0) is 39.7 Å². The van der Waals surface area contributed by atoms with Crippen molar-refractivity contribution < 1.29 is 22.8 Å². The molecule has 2 amide bonds. The molecule has 1 unspecified atom stereocenters. The second-order valence-electron chi connectivity index (χ2n) is 6.67. The van der Waals surface area contributed by atoms with E-state index in [0.717, 1.165) is 0 Å². The van der Waals surface area contributed by atoms with Crippen molar-refractivity contribution in [2.24, 2.45) is 0 Å². The maximum absolute atomic E-state index is 12.8. The maximum Gasteiger partial charge on any atom is 0.271 e. The number of carbonyl (C=O) groups excluding carboxylic acids is 3. The molecule has 1 aromatic heterocycles. The molecule has 1 fully saturated rings. The third kappa shape index (κ3) is 4.32. The van der Waals surface area contributed by atoms with Crippen LogP contribution in [-0.4, -0.2) is 66.5 Å². The van der Waals surface area contributed by atoms with Crippen LogP contribution in [0.5, 0.6) is 0 Å². The van der Waals surface area contributed by atoms with Gasteiger partial charge in [0.25, 0.3) is 5.91 Å². The molecule has 2 rings (SSSR count). The van der Waals surface area contributed by atoms with Gasteiger partial charge in [0.1, 0.15) is 5.69 Å². The first-order chi connectivity index (χ1) is 12.1. The fraction of sp³-hybridized carbons (Fsp3) is 0.588. The van der Waals surface area contributed by atoms with Crippen molar-refractivity contribution in [3.63, 3.8) is 0 Å². The van der Waals surface area contributed by atoms with E-state index in [0.29, 0.717) is 35.5 Å². The highest BCUT2D eigenvalue weighted by atomic mass is 32.2. The summed E-state index contributed by atoms with van der Waals surface area (Å²) in [6.45, 7) is 6.76. The van der Waals surface area contributed by atoms with E-state index in [-0.39, 0.29) is 29.7 Å². The molecule has 1 aliphatic heterocycles. The van der Waals surface area contributed by atoms with E-state index in [1.54, 1.807) is 20.8 Å². The molecule has 0 saturated carbocycles. The Hall–Kier alpha value is -2.16. The molecule has 1 aromatic rings. The van der Waals surface area contributed by atoms with Gasteiger partial charge in [0.15, 0.2) is 15.6 Å². The number of aryl methyl sites for hydroxylation is 1. The van der Waals surface area contributed by atoms with Crippen LogP contribution in [0.25, 0.3) is 0 Å². The van der Waals surface area contributed by atoms with Gasteiger partial charge < -0.3 is 15.2 Å². The zero-order valence-electron chi connectivity index (χ0n) is 15.5. The van der Waals surface area contributed by atoms with Crippen molar-refractivity contribution in [2.45, 2.75) is 40.2 Å². The molecule has 0 aromatic carbocycles. The van der Waals surface area contributed by atoms with Crippen LogP contribution in [0, 0.1) is 13.8 Å². The third-order valence-corrected chi connectivity index (χ3v) is 6.37. The van der Waals surface area contributed by atoms with Crippen molar-refractivity contribution in [1.29, 1.82) is 0 Å². The monoisotopic (exact) mass is 383 g/mol. The van der Waals surface area contributed by atoms with E-state index in [1.807, 2.05) is 0 Å². The fourth-order valence-corrected chi connectivity index (χ4v) is 5.01. The Balaban J connectivity index is 2.08. The maximum atomic E-state index is 12.8. The SMILES string of the molecule is CCN(CC(=O)NC1CCS(=O)(=O)C1)C(=O)c1[nH]c(C)c(C(C)=O)c1C. The minimum atomic E-state index is -3.08. The van der Waals surface area contributed by atoms with Gasteiger partial charge in [-0.1, -0.05) is 0 Å². The van der Waals surface area contributed by atoms with Crippen molar-refractivity contribution in [1.82, 2.24) is 15.2 Å². The summed E-state index contributed by atoms with van der Waals surface area (Å²) in [7, 11) is -3.08. The Morgan fingerprint density at radius 3 is 2.38 bits per heavy atom. The third-order valence-electron chi connectivity index (χ3n) is 4.60. The van der Waals surface area contributed by atoms with E-state index in [4.69, 9.17) is 0 Å². The molecule has 0 bridgehead atoms. The van der Waals surface area contributed by atoms with Crippen molar-refractivity contribution >= 4 is 27.4 Å². The van der Waals surface area contributed by atoms with Crippen LogP contribution in [0.3, 0.4) is 0 Å². The van der Waals surface area contributed by atoms with Gasteiger partial charge in [-0.2, -0.15) is 0 Å². The largest absolute Gasteiger partial charge is 0.354 e. The normalized spacial score (nSPS) is 18.5. The summed E-state index contributed by atoms with van der Waals surface area (Å²) in [5, 5.41) is 2.68. The lowest BCUT2D eigenvalue weighted by Gasteiger charge is -2.21. The molecule has 0 spiro atoms. The molecule has 0 aliphatic carbocycles. The number of hydrogen-bond donors (Lipinski definition) is 2. The number of hydrogen-bond acceptors (Lipinski definition) is 5. The predicted molar refractivity (Wildman–Crippen MR) is 97.1 cm³/mol. The van der Waals surface area contributed by atoms with E-state index < -0.39 is 21.8 Å². The molecule has 1 atom stereocenters. The van der Waals surface area contributed by atoms with Gasteiger partial charge in [0.2, 0.25) is 5.91 Å². The number of Topliss-reactive ketones (excluding diaryl/α,β-unsaturated/α-hetero) is 1. The average molecular weight is 383 g/mol. The number of nitrogens with one attached hydrogen (secondary N) is 2. The lowest BCUT2D eigenvalue weighted by molar-refractivity contribution is -0.122. The van der Waals surface area contributed by atoms with E-state index in [2.05, 4.69) is 10.3 Å². The number of amides is 2. The molecule has 2 N–H and O–H groups in total. The summed E-state index contributed by atoms with van der Waals surface area (Å²) < 4.78 is 22.9. The first-order valence-corrected chi connectivity index (χ1v) is 10.4. The Bertz CT molecular complexity index is 841. The van der Waals surface area contributed by atoms with Gasteiger partial charge in [0, 0.05) is 23.8 Å². The number of sulfone groups is 1. The summed E-state index contributed by atoms with van der Waals surface area (Å²) in [4.78, 5) is 41.0. The predicted octanol–water partition coefficient (Wildman–Crippen LogP) is 0.600. The van der Waals surface area contributed by atoms with E-state index in [9.17, 15) is 22.8 Å². The molecule has 26 heavy (non-hydrogen) atoms. The number of aromatic amines is 1. The highest BCUT2D eigenvalue weighted by Crippen LogP contribution is 2.20. The first kappa shape index (κ1) is 20.2. The molecular weight excluding hydrogens is 358 g/mol. The van der Waals surface area contributed by atoms with Crippen LogP contribution in [0.15, 0.2) is 0 Å². The molecule has 144 valence electrons. The quantitative estimate of drug-likeness (QED) is 0.698. The highest BCUT2D eigenvalue weighted by molar-refractivity contribution is 7.91. The Morgan fingerprint density at radius 1 is 1.27 bits per heavy atom. The Morgan fingerprint density at radius 2 is 1.92 bits per heavy atom. The summed E-state index contributed by atoms with van der Waals surface area (Å²) in [5.41, 5.74) is 1.98. The van der Waals surface area contributed by atoms with Crippen LogP contribution in [0.2, 0.25) is 0 Å². The summed E-state index contributed by atoms with van der Waals surface area (Å²) in [6, 6.07) is -0.403. The number of carbonyl (C=O) groups is 3. The van der Waals surface area contributed by atoms with Crippen molar-refractivity contribution in [2.75, 3.05) is 24.6 Å². The number of H-pyrrole nitrogens is 1. The molecule has 8 nitrogen and oxygen atoms in total. The number of aromatic nitrogens is 1. The van der Waals surface area contributed by atoms with E-state index in [1.165, 1.54) is 11.8 Å². The molecule has 0 radical (unpaired) electrons. The molecule has 9 heteroatoms. The summed E-state index contributed by atoms with van der Waals surface area (Å²) in [5.74, 6) is -0.873. The number of nitrogens with zero attached hydrogens (tertiary/aromatic N) is 1. The number of likely N-dealkylation sites (N-methyl/N-ethyl adjacent to an activating group) is 1. The molecular formula is C17H25N3O5S. The highest BCUT2D eigenvalue weighted by Gasteiger charge is 2.30. The van der Waals surface area contributed by atoms with Gasteiger partial charge in [0.05, 0.1) is 18.1 Å². The van der Waals surface area contributed by atoms with Crippen LogP contribution < -0.4 is 5.32 Å².